The number of aromatic nitrogens is 1. The van der Waals surface area contributed by atoms with Crippen molar-refractivity contribution in [1.29, 1.82) is 0 Å². The van der Waals surface area contributed by atoms with Gasteiger partial charge in [-0.15, -0.1) is 0 Å². The van der Waals surface area contributed by atoms with Crippen molar-refractivity contribution >= 4 is 22.8 Å². The summed E-state index contributed by atoms with van der Waals surface area (Å²) in [7, 11) is 2.12. The summed E-state index contributed by atoms with van der Waals surface area (Å²) in [5, 5.41) is 11.3. The number of rotatable bonds is 4. The number of fused-ring (bicyclic) bond motifs is 4. The molecule has 3 aliphatic rings. The van der Waals surface area contributed by atoms with Gasteiger partial charge in [0.2, 0.25) is 0 Å². The highest BCUT2D eigenvalue weighted by molar-refractivity contribution is 6.05. The summed E-state index contributed by atoms with van der Waals surface area (Å²) in [5.41, 5.74) is 4.95. The van der Waals surface area contributed by atoms with Crippen LogP contribution in [0.3, 0.4) is 0 Å². The van der Waals surface area contributed by atoms with Crippen LogP contribution in [-0.4, -0.2) is 94.0 Å². The van der Waals surface area contributed by atoms with E-state index in [4.69, 9.17) is 0 Å². The Morgan fingerprint density at radius 3 is 2.60 bits per heavy atom. The number of hydrogen-bond donors (Lipinski definition) is 2. The molecule has 0 bridgehead atoms. The number of aryl methyl sites for hydroxylation is 1. The van der Waals surface area contributed by atoms with E-state index < -0.39 is 12.1 Å². The van der Waals surface area contributed by atoms with Gasteiger partial charge in [0.15, 0.2) is 0 Å². The number of urea groups is 1. The number of piperazine rings is 1. The average molecular weight is 474 g/mol. The third-order valence-electron chi connectivity index (χ3n) is 7.80. The SMILES string of the molecule is Cc1ccc2[nH]c3c(c2c1)CC1C(=O)N(CCN2CCN(C)CC2)C(=O)N1C3c1cccc(O)c1. The van der Waals surface area contributed by atoms with E-state index >= 15 is 0 Å². The molecule has 3 amide bonds. The Labute approximate surface area is 204 Å². The van der Waals surface area contributed by atoms with Gasteiger partial charge in [0.25, 0.3) is 5.91 Å². The van der Waals surface area contributed by atoms with Gasteiger partial charge in [-0.1, -0.05) is 23.8 Å². The zero-order valence-electron chi connectivity index (χ0n) is 20.2. The number of amides is 3. The molecule has 8 nitrogen and oxygen atoms in total. The lowest BCUT2D eigenvalue weighted by atomic mass is 9.88. The molecular formula is C27H31N5O3. The van der Waals surface area contributed by atoms with E-state index in [1.807, 2.05) is 6.07 Å². The molecule has 182 valence electrons. The van der Waals surface area contributed by atoms with Crippen LogP contribution in [0.4, 0.5) is 4.79 Å². The minimum absolute atomic E-state index is 0.123. The fourth-order valence-electron chi connectivity index (χ4n) is 5.85. The second kappa shape index (κ2) is 8.39. The van der Waals surface area contributed by atoms with E-state index in [0.29, 0.717) is 19.5 Å². The third kappa shape index (κ3) is 3.68. The first-order valence-corrected chi connectivity index (χ1v) is 12.4. The summed E-state index contributed by atoms with van der Waals surface area (Å²) < 4.78 is 0. The Hall–Kier alpha value is -3.36. The van der Waals surface area contributed by atoms with E-state index in [0.717, 1.165) is 59.5 Å². The number of hydrogen-bond acceptors (Lipinski definition) is 5. The largest absolute Gasteiger partial charge is 0.508 e. The molecule has 4 heterocycles. The maximum absolute atomic E-state index is 13.8. The predicted octanol–water partition coefficient (Wildman–Crippen LogP) is 2.71. The van der Waals surface area contributed by atoms with Crippen LogP contribution in [-0.2, 0) is 11.2 Å². The maximum atomic E-state index is 13.8. The molecule has 0 radical (unpaired) electrons. The van der Waals surface area contributed by atoms with Gasteiger partial charge in [-0.25, -0.2) is 4.79 Å². The monoisotopic (exact) mass is 473 g/mol. The second-order valence-corrected chi connectivity index (χ2v) is 10.1. The van der Waals surface area contributed by atoms with Crippen molar-refractivity contribution in [3.05, 3.63) is 64.8 Å². The number of nitrogens with zero attached hydrogens (tertiary/aromatic N) is 4. The first-order valence-electron chi connectivity index (χ1n) is 12.4. The van der Waals surface area contributed by atoms with E-state index in [9.17, 15) is 14.7 Å². The van der Waals surface area contributed by atoms with Gasteiger partial charge in [0.05, 0.1) is 0 Å². The van der Waals surface area contributed by atoms with Crippen molar-refractivity contribution < 1.29 is 14.7 Å². The number of phenolic OH excluding ortho intramolecular Hbond substituents is 1. The highest BCUT2D eigenvalue weighted by Crippen LogP contribution is 2.44. The molecule has 3 aliphatic heterocycles. The van der Waals surface area contributed by atoms with Crippen LogP contribution in [0.5, 0.6) is 5.75 Å². The Morgan fingerprint density at radius 2 is 1.83 bits per heavy atom. The molecule has 6 rings (SSSR count). The standard InChI is InChI=1S/C27H31N5O3/c1-17-6-7-22-20(14-17)21-16-23-26(34)31(13-12-30-10-8-29(2)9-11-30)27(35)32(23)25(24(21)28-22)18-4-3-5-19(33)15-18/h3-7,14-15,23,25,28,33H,8-13,16H2,1-2H3. The molecular weight excluding hydrogens is 442 g/mol. The number of phenols is 1. The number of H-pyrrole nitrogens is 1. The van der Waals surface area contributed by atoms with Crippen molar-refractivity contribution in [1.82, 2.24) is 24.6 Å². The zero-order valence-corrected chi connectivity index (χ0v) is 20.2. The summed E-state index contributed by atoms with van der Waals surface area (Å²) in [4.78, 5) is 38.7. The Morgan fingerprint density at radius 1 is 1.03 bits per heavy atom. The van der Waals surface area contributed by atoms with Crippen molar-refractivity contribution in [3.8, 4) is 5.75 Å². The lowest BCUT2D eigenvalue weighted by Gasteiger charge is -2.36. The quantitative estimate of drug-likeness (QED) is 0.570. The highest BCUT2D eigenvalue weighted by atomic mass is 16.3. The molecule has 35 heavy (non-hydrogen) atoms. The molecule has 2 saturated heterocycles. The van der Waals surface area contributed by atoms with Crippen LogP contribution in [0, 0.1) is 6.92 Å². The number of aromatic amines is 1. The number of likely N-dealkylation sites (N-methyl/N-ethyl adjacent to an activating group) is 1. The smallest absolute Gasteiger partial charge is 0.328 e. The lowest BCUT2D eigenvalue weighted by Crippen LogP contribution is -2.47. The molecule has 2 atom stereocenters. The fraction of sp³-hybridized carbons (Fsp3) is 0.407. The minimum atomic E-state index is -0.547. The molecule has 2 unspecified atom stereocenters. The van der Waals surface area contributed by atoms with Crippen LogP contribution in [0.15, 0.2) is 42.5 Å². The molecule has 1 aromatic heterocycles. The highest BCUT2D eigenvalue weighted by Gasteiger charge is 2.52. The molecule has 8 heteroatoms. The molecule has 0 aliphatic carbocycles. The van der Waals surface area contributed by atoms with Gasteiger partial charge < -0.3 is 15.0 Å². The van der Waals surface area contributed by atoms with Crippen molar-refractivity contribution in [3.63, 3.8) is 0 Å². The van der Waals surface area contributed by atoms with Crippen LogP contribution in [0.1, 0.15) is 28.4 Å². The van der Waals surface area contributed by atoms with E-state index in [1.165, 1.54) is 4.90 Å². The Kier molecular flexibility index (Phi) is 5.30. The maximum Gasteiger partial charge on any atom is 0.328 e. The molecule has 2 aromatic carbocycles. The summed E-state index contributed by atoms with van der Waals surface area (Å²) in [5.74, 6) is 0.0185. The van der Waals surface area contributed by atoms with Crippen molar-refractivity contribution in [2.24, 2.45) is 0 Å². The summed E-state index contributed by atoms with van der Waals surface area (Å²) in [6.45, 7) is 7.04. The van der Waals surface area contributed by atoms with E-state index in [-0.39, 0.29) is 17.7 Å². The average Bonchev–Trinajstić information content (AvgIpc) is 3.32. The zero-order chi connectivity index (χ0) is 24.3. The van der Waals surface area contributed by atoms with Gasteiger partial charge in [-0.2, -0.15) is 0 Å². The van der Waals surface area contributed by atoms with Gasteiger partial charge in [0.1, 0.15) is 17.8 Å². The summed E-state index contributed by atoms with van der Waals surface area (Å²) in [6, 6.07) is 12.0. The van der Waals surface area contributed by atoms with E-state index in [2.05, 4.69) is 47.0 Å². The number of nitrogens with one attached hydrogen (secondary N) is 1. The first-order chi connectivity index (χ1) is 16.9. The molecule has 2 N–H and O–H groups in total. The Bertz CT molecular complexity index is 1310. The van der Waals surface area contributed by atoms with Crippen molar-refractivity contribution in [2.45, 2.75) is 25.4 Å². The number of imide groups is 1. The topological polar surface area (TPSA) is 83.1 Å². The molecule has 0 spiro atoms. The summed E-state index contributed by atoms with van der Waals surface area (Å²) in [6.07, 6.45) is 0.490. The van der Waals surface area contributed by atoms with Gasteiger partial charge in [0, 0.05) is 62.3 Å². The van der Waals surface area contributed by atoms with Gasteiger partial charge >= 0.3 is 6.03 Å². The van der Waals surface area contributed by atoms with Crippen LogP contribution < -0.4 is 0 Å². The number of benzene rings is 2. The Balaban J connectivity index is 1.37. The predicted molar refractivity (Wildman–Crippen MR) is 133 cm³/mol. The molecule has 0 saturated carbocycles. The van der Waals surface area contributed by atoms with Crippen LogP contribution in [0.25, 0.3) is 10.9 Å². The van der Waals surface area contributed by atoms with Crippen molar-refractivity contribution in [2.75, 3.05) is 46.3 Å². The molecule has 3 aromatic rings. The van der Waals surface area contributed by atoms with Gasteiger partial charge in [-0.3, -0.25) is 19.5 Å². The number of carbonyl (C=O) groups excluding carboxylic acids is 2. The fourth-order valence-corrected chi connectivity index (χ4v) is 5.85. The van der Waals surface area contributed by atoms with Crippen LogP contribution in [0.2, 0.25) is 0 Å². The lowest BCUT2D eigenvalue weighted by molar-refractivity contribution is -0.128. The minimum Gasteiger partial charge on any atom is -0.508 e. The molecule has 2 fully saturated rings. The normalized spacial score (nSPS) is 23.3. The van der Waals surface area contributed by atoms with Crippen LogP contribution >= 0.6 is 0 Å². The van der Waals surface area contributed by atoms with E-state index in [1.54, 1.807) is 23.1 Å². The first kappa shape index (κ1) is 22.1. The summed E-state index contributed by atoms with van der Waals surface area (Å²) >= 11 is 0. The third-order valence-corrected chi connectivity index (χ3v) is 7.80. The number of aromatic hydroxyl groups is 1. The van der Waals surface area contributed by atoms with Gasteiger partial charge in [-0.05, 0) is 49.4 Å². The second-order valence-electron chi connectivity index (χ2n) is 10.1. The number of carbonyl (C=O) groups is 2.